The molecular formula is C15H21N3O4. The number of aromatic nitrogens is 1. The third kappa shape index (κ3) is 3.47. The van der Waals surface area contributed by atoms with Crippen molar-refractivity contribution in [1.29, 1.82) is 0 Å². The molecule has 1 aromatic heterocycles. The number of likely N-dealkylation sites (tertiary alicyclic amines) is 1. The first-order valence-corrected chi connectivity index (χ1v) is 7.30. The van der Waals surface area contributed by atoms with E-state index in [9.17, 15) is 14.7 Å². The molecule has 1 unspecified atom stereocenters. The molecule has 0 aromatic carbocycles. The van der Waals surface area contributed by atoms with Crippen molar-refractivity contribution in [2.24, 2.45) is 5.41 Å². The second-order valence-corrected chi connectivity index (χ2v) is 5.76. The fourth-order valence-corrected chi connectivity index (χ4v) is 2.87. The summed E-state index contributed by atoms with van der Waals surface area (Å²) in [6.07, 6.45) is 3.80. The van der Waals surface area contributed by atoms with Crippen molar-refractivity contribution < 1.29 is 19.8 Å². The minimum atomic E-state index is -1.05. The highest BCUT2D eigenvalue weighted by molar-refractivity contribution is 5.76. The first-order chi connectivity index (χ1) is 10.4. The number of rotatable bonds is 5. The molecule has 1 aliphatic rings. The summed E-state index contributed by atoms with van der Waals surface area (Å²) in [7, 11) is 0. The summed E-state index contributed by atoms with van der Waals surface area (Å²) in [5.41, 5.74) is 0.892. The van der Waals surface area contributed by atoms with Crippen molar-refractivity contribution in [2.75, 3.05) is 25.0 Å². The number of hydrogen-bond acceptors (Lipinski definition) is 4. The van der Waals surface area contributed by atoms with E-state index in [0.717, 1.165) is 11.3 Å². The Bertz CT molecular complexity index is 563. The van der Waals surface area contributed by atoms with Gasteiger partial charge in [-0.15, -0.1) is 0 Å². The maximum Gasteiger partial charge on any atom is 0.407 e. The van der Waals surface area contributed by atoms with Crippen LogP contribution in [-0.2, 0) is 4.79 Å². The molecule has 2 heterocycles. The van der Waals surface area contributed by atoms with Crippen molar-refractivity contribution in [1.82, 2.24) is 9.88 Å². The lowest BCUT2D eigenvalue weighted by molar-refractivity contribution is -0.152. The first-order valence-electron chi connectivity index (χ1n) is 7.30. The third-order valence-electron chi connectivity index (χ3n) is 4.26. The Morgan fingerprint density at radius 3 is 2.86 bits per heavy atom. The predicted octanol–water partition coefficient (Wildman–Crippen LogP) is 2.04. The van der Waals surface area contributed by atoms with E-state index in [1.165, 1.54) is 4.90 Å². The van der Waals surface area contributed by atoms with Gasteiger partial charge in [0, 0.05) is 25.8 Å². The number of carboxylic acid groups (broad SMARTS) is 2. The van der Waals surface area contributed by atoms with E-state index in [2.05, 4.69) is 10.3 Å². The van der Waals surface area contributed by atoms with Crippen molar-refractivity contribution in [3.05, 3.63) is 24.0 Å². The van der Waals surface area contributed by atoms with Gasteiger partial charge >= 0.3 is 12.1 Å². The topological polar surface area (TPSA) is 103 Å². The highest BCUT2D eigenvalue weighted by atomic mass is 16.4. The van der Waals surface area contributed by atoms with Crippen molar-refractivity contribution in [3.8, 4) is 0 Å². The molecule has 2 rings (SSSR count). The number of aliphatic carboxylic acids is 1. The molecule has 0 aliphatic carbocycles. The lowest BCUT2D eigenvalue weighted by Crippen LogP contribution is -2.50. The van der Waals surface area contributed by atoms with E-state index >= 15 is 0 Å². The molecular weight excluding hydrogens is 286 g/mol. The van der Waals surface area contributed by atoms with E-state index < -0.39 is 17.5 Å². The number of nitrogens with one attached hydrogen (secondary N) is 1. The Morgan fingerprint density at radius 1 is 1.45 bits per heavy atom. The van der Waals surface area contributed by atoms with E-state index in [4.69, 9.17) is 5.11 Å². The van der Waals surface area contributed by atoms with Gasteiger partial charge in [0.05, 0.1) is 17.3 Å². The van der Waals surface area contributed by atoms with Crippen LogP contribution in [0.1, 0.15) is 24.8 Å². The van der Waals surface area contributed by atoms with E-state index in [1.807, 2.05) is 13.0 Å². The second-order valence-electron chi connectivity index (χ2n) is 5.76. The summed E-state index contributed by atoms with van der Waals surface area (Å²) < 4.78 is 0. The molecule has 7 nitrogen and oxygen atoms in total. The Labute approximate surface area is 129 Å². The first kappa shape index (κ1) is 16.1. The molecule has 0 radical (unpaired) electrons. The Kier molecular flexibility index (Phi) is 4.85. The zero-order chi connectivity index (χ0) is 16.2. The summed E-state index contributed by atoms with van der Waals surface area (Å²) in [5.74, 6) is -0.928. The maximum atomic E-state index is 11.7. The fraction of sp³-hybridized carbons (Fsp3) is 0.533. The quantitative estimate of drug-likeness (QED) is 0.769. The molecule has 1 aromatic rings. The molecule has 1 atom stereocenters. The Hall–Kier alpha value is -2.31. The molecule has 3 N–H and O–H groups in total. The van der Waals surface area contributed by atoms with Gasteiger partial charge in [-0.1, -0.05) is 0 Å². The van der Waals surface area contributed by atoms with Gasteiger partial charge in [0.2, 0.25) is 0 Å². The minimum Gasteiger partial charge on any atom is -0.481 e. The van der Waals surface area contributed by atoms with Crippen molar-refractivity contribution >= 4 is 17.7 Å². The number of hydrogen-bond donors (Lipinski definition) is 3. The molecule has 1 aliphatic heterocycles. The van der Waals surface area contributed by atoms with Gasteiger partial charge in [-0.05, 0) is 37.8 Å². The third-order valence-corrected chi connectivity index (χ3v) is 4.26. The van der Waals surface area contributed by atoms with Gasteiger partial charge in [0.15, 0.2) is 0 Å². The van der Waals surface area contributed by atoms with Crippen molar-refractivity contribution in [3.63, 3.8) is 0 Å². The minimum absolute atomic E-state index is 0.0470. The molecule has 0 spiro atoms. The van der Waals surface area contributed by atoms with Gasteiger partial charge in [-0.2, -0.15) is 0 Å². The zero-order valence-corrected chi connectivity index (χ0v) is 12.6. The number of amides is 1. The fourth-order valence-electron chi connectivity index (χ4n) is 2.87. The summed E-state index contributed by atoms with van der Waals surface area (Å²) in [4.78, 5) is 28.0. The van der Waals surface area contributed by atoms with Crippen LogP contribution in [0.25, 0.3) is 0 Å². The highest BCUT2D eigenvalue weighted by Gasteiger charge is 2.43. The lowest BCUT2D eigenvalue weighted by atomic mass is 9.77. The second kappa shape index (κ2) is 6.64. The van der Waals surface area contributed by atoms with Gasteiger partial charge in [-0.25, -0.2) is 4.79 Å². The number of anilines is 1. The molecule has 0 bridgehead atoms. The van der Waals surface area contributed by atoms with Crippen LogP contribution in [0.2, 0.25) is 0 Å². The van der Waals surface area contributed by atoms with Crippen LogP contribution in [0, 0.1) is 12.3 Å². The molecule has 120 valence electrons. The van der Waals surface area contributed by atoms with Crippen LogP contribution in [-0.4, -0.2) is 51.8 Å². The van der Waals surface area contributed by atoms with Crippen LogP contribution in [0.4, 0.5) is 10.5 Å². The number of piperidine rings is 1. The zero-order valence-electron chi connectivity index (χ0n) is 12.6. The maximum absolute atomic E-state index is 11.7. The molecule has 1 saturated heterocycles. The smallest absolute Gasteiger partial charge is 0.407 e. The predicted molar refractivity (Wildman–Crippen MR) is 81.0 cm³/mol. The highest BCUT2D eigenvalue weighted by Crippen LogP contribution is 2.34. The van der Waals surface area contributed by atoms with Gasteiger partial charge in [0.1, 0.15) is 0 Å². The van der Waals surface area contributed by atoms with Crippen LogP contribution >= 0.6 is 0 Å². The Morgan fingerprint density at radius 2 is 2.23 bits per heavy atom. The SMILES string of the molecule is Cc1ccncc1NCCC1(C(=O)O)CCCN(C(=O)O)C1. The van der Waals surface area contributed by atoms with Gasteiger partial charge in [-0.3, -0.25) is 9.78 Å². The van der Waals surface area contributed by atoms with Crippen molar-refractivity contribution in [2.45, 2.75) is 26.2 Å². The van der Waals surface area contributed by atoms with E-state index in [-0.39, 0.29) is 6.54 Å². The number of carbonyl (C=O) groups is 2. The summed E-state index contributed by atoms with van der Waals surface area (Å²) >= 11 is 0. The molecule has 22 heavy (non-hydrogen) atoms. The number of aryl methyl sites for hydroxylation is 1. The number of pyridine rings is 1. The molecule has 1 fully saturated rings. The molecule has 0 saturated carbocycles. The molecule has 7 heteroatoms. The monoisotopic (exact) mass is 307 g/mol. The average molecular weight is 307 g/mol. The van der Waals surface area contributed by atoms with Gasteiger partial charge in [0.25, 0.3) is 0 Å². The summed E-state index contributed by atoms with van der Waals surface area (Å²) in [6.45, 7) is 2.86. The van der Waals surface area contributed by atoms with Gasteiger partial charge < -0.3 is 20.4 Å². The standard InChI is InChI=1S/C15H21N3O4/c1-11-3-6-16-9-12(11)17-7-5-15(13(19)20)4-2-8-18(10-15)14(21)22/h3,6,9,17H,2,4-5,7-8,10H2,1H3,(H,19,20)(H,21,22). The number of carboxylic acids is 1. The Balaban J connectivity index is 2.01. The lowest BCUT2D eigenvalue weighted by Gasteiger charge is -2.38. The summed E-state index contributed by atoms with van der Waals surface area (Å²) in [6, 6.07) is 1.88. The largest absolute Gasteiger partial charge is 0.481 e. The van der Waals surface area contributed by atoms with Crippen LogP contribution < -0.4 is 5.32 Å². The van der Waals surface area contributed by atoms with Crippen LogP contribution in [0.5, 0.6) is 0 Å². The number of nitrogens with zero attached hydrogens (tertiary/aromatic N) is 2. The normalized spacial score (nSPS) is 21.4. The molecule has 1 amide bonds. The van der Waals surface area contributed by atoms with Crippen LogP contribution in [0.3, 0.4) is 0 Å². The average Bonchev–Trinajstić information content (AvgIpc) is 2.49. The van der Waals surface area contributed by atoms with E-state index in [0.29, 0.717) is 32.4 Å². The van der Waals surface area contributed by atoms with E-state index in [1.54, 1.807) is 12.4 Å². The summed E-state index contributed by atoms with van der Waals surface area (Å²) in [5, 5.41) is 21.9. The van der Waals surface area contributed by atoms with Crippen LogP contribution in [0.15, 0.2) is 18.5 Å².